The zero-order chi connectivity index (χ0) is 14.8. The quantitative estimate of drug-likeness (QED) is 0.721. The second-order valence-corrected chi connectivity index (χ2v) is 6.91. The Balaban J connectivity index is 3.08. The van der Waals surface area contributed by atoms with Gasteiger partial charge in [0.25, 0.3) is 0 Å². The van der Waals surface area contributed by atoms with Gasteiger partial charge in [-0.05, 0) is 32.4 Å². The summed E-state index contributed by atoms with van der Waals surface area (Å²) in [7, 11) is -3.86. The van der Waals surface area contributed by atoms with Gasteiger partial charge in [0.2, 0.25) is 10.0 Å². The molecule has 0 fully saturated rings. The first-order chi connectivity index (χ1) is 8.63. The minimum absolute atomic E-state index is 0.0192. The van der Waals surface area contributed by atoms with E-state index in [1.807, 2.05) is 0 Å². The number of benzene rings is 1. The van der Waals surface area contributed by atoms with Crippen molar-refractivity contribution in [2.45, 2.75) is 37.3 Å². The predicted octanol–water partition coefficient (Wildman–Crippen LogP) is 2.01. The number of aliphatic hydroxyl groups excluding tert-OH is 1. The van der Waals surface area contributed by atoms with Crippen LogP contribution in [0.2, 0.25) is 10.0 Å². The molecule has 0 amide bonds. The number of sulfonamides is 1. The van der Waals surface area contributed by atoms with Crippen LogP contribution in [0.15, 0.2) is 17.0 Å². The van der Waals surface area contributed by atoms with E-state index in [1.54, 1.807) is 13.8 Å². The molecule has 0 saturated heterocycles. The van der Waals surface area contributed by atoms with E-state index in [2.05, 4.69) is 4.72 Å². The van der Waals surface area contributed by atoms with Gasteiger partial charge < -0.3 is 10.8 Å². The first-order valence-corrected chi connectivity index (χ1v) is 7.82. The highest BCUT2D eigenvalue weighted by Crippen LogP contribution is 2.31. The van der Waals surface area contributed by atoms with Gasteiger partial charge >= 0.3 is 0 Å². The highest BCUT2D eigenvalue weighted by atomic mass is 35.5. The summed E-state index contributed by atoms with van der Waals surface area (Å²) in [6.07, 6.45) is -0.333. The number of aliphatic hydroxyl groups is 1. The third-order valence-corrected chi connectivity index (χ3v) is 4.69. The molecule has 8 heteroatoms. The second-order valence-electron chi connectivity index (χ2n) is 4.41. The maximum absolute atomic E-state index is 12.2. The number of nitrogens with two attached hydrogens (primary N) is 1. The van der Waals surface area contributed by atoms with Crippen LogP contribution in [0.3, 0.4) is 0 Å². The molecule has 0 bridgehead atoms. The molecule has 0 aliphatic heterocycles. The van der Waals surface area contributed by atoms with Crippen LogP contribution in [0.5, 0.6) is 0 Å². The second kappa shape index (κ2) is 6.28. The predicted molar refractivity (Wildman–Crippen MR) is 77.0 cm³/mol. The smallest absolute Gasteiger partial charge is 0.244 e. The Labute approximate surface area is 122 Å². The summed E-state index contributed by atoms with van der Waals surface area (Å²) in [5.41, 5.74) is 5.63. The van der Waals surface area contributed by atoms with Crippen molar-refractivity contribution in [3.63, 3.8) is 0 Å². The lowest BCUT2D eigenvalue weighted by Crippen LogP contribution is -2.35. The Hall–Kier alpha value is -0.530. The van der Waals surface area contributed by atoms with Gasteiger partial charge in [-0.3, -0.25) is 0 Å². The first kappa shape index (κ1) is 16.5. The monoisotopic (exact) mass is 326 g/mol. The van der Waals surface area contributed by atoms with Gasteiger partial charge in [0.05, 0.1) is 16.8 Å². The summed E-state index contributed by atoms with van der Waals surface area (Å²) < 4.78 is 26.8. The van der Waals surface area contributed by atoms with E-state index in [0.29, 0.717) is 0 Å². The van der Waals surface area contributed by atoms with Gasteiger partial charge in [-0.25, -0.2) is 13.1 Å². The number of hydrogen-bond acceptors (Lipinski definition) is 4. The lowest BCUT2D eigenvalue weighted by Gasteiger charge is -2.17. The fourth-order valence-electron chi connectivity index (χ4n) is 1.75. The summed E-state index contributed by atoms with van der Waals surface area (Å²) in [6.45, 7) is 3.22. The molecule has 0 saturated carbocycles. The average Bonchev–Trinajstić information content (AvgIpc) is 2.10. The molecule has 2 unspecified atom stereocenters. The van der Waals surface area contributed by atoms with Crippen molar-refractivity contribution >= 4 is 38.9 Å². The summed E-state index contributed by atoms with van der Waals surface area (Å²) in [5, 5.41) is 9.46. The van der Waals surface area contributed by atoms with Gasteiger partial charge in [-0.1, -0.05) is 23.2 Å². The third kappa shape index (κ3) is 4.50. The largest absolute Gasteiger partial charge is 0.398 e. The van der Waals surface area contributed by atoms with E-state index < -0.39 is 22.2 Å². The van der Waals surface area contributed by atoms with Crippen LogP contribution in [0.1, 0.15) is 20.3 Å². The van der Waals surface area contributed by atoms with Crippen LogP contribution in [-0.4, -0.2) is 25.7 Å². The van der Waals surface area contributed by atoms with Gasteiger partial charge in [0.15, 0.2) is 0 Å². The molecule has 0 aromatic heterocycles. The molecular weight excluding hydrogens is 311 g/mol. The van der Waals surface area contributed by atoms with Crippen LogP contribution in [0.25, 0.3) is 0 Å². The Morgan fingerprint density at radius 3 is 2.42 bits per heavy atom. The molecule has 1 rings (SSSR count). The highest BCUT2D eigenvalue weighted by Gasteiger charge is 2.24. The summed E-state index contributed by atoms with van der Waals surface area (Å²) in [5.74, 6) is 0. The number of rotatable bonds is 5. The molecule has 19 heavy (non-hydrogen) atoms. The van der Waals surface area contributed by atoms with Crippen LogP contribution in [-0.2, 0) is 10.0 Å². The van der Waals surface area contributed by atoms with E-state index >= 15 is 0 Å². The molecule has 1 aromatic carbocycles. The molecule has 4 N–H and O–H groups in total. The standard InChI is InChI=1S/C11H16Cl2N2O3S/c1-6(3-7(2)16)15-19(17,18)11-9(13)4-8(12)5-10(11)14/h4-7,15-16H,3,14H2,1-2H3. The van der Waals surface area contributed by atoms with Gasteiger partial charge in [0, 0.05) is 11.1 Å². The lowest BCUT2D eigenvalue weighted by molar-refractivity contribution is 0.175. The Morgan fingerprint density at radius 1 is 1.37 bits per heavy atom. The topological polar surface area (TPSA) is 92.4 Å². The number of nitrogen functional groups attached to an aromatic ring is 1. The number of halogens is 2. The van der Waals surface area contributed by atoms with Crippen molar-refractivity contribution in [3.05, 3.63) is 22.2 Å². The maximum atomic E-state index is 12.2. The highest BCUT2D eigenvalue weighted by molar-refractivity contribution is 7.89. The van der Waals surface area contributed by atoms with E-state index in [-0.39, 0.29) is 27.0 Å². The van der Waals surface area contributed by atoms with Gasteiger partial charge in [-0.15, -0.1) is 0 Å². The van der Waals surface area contributed by atoms with E-state index in [1.165, 1.54) is 12.1 Å². The normalized spacial score (nSPS) is 15.2. The third-order valence-electron chi connectivity index (χ3n) is 2.36. The lowest BCUT2D eigenvalue weighted by atomic mass is 10.2. The van der Waals surface area contributed by atoms with E-state index in [0.717, 1.165) is 0 Å². The molecular formula is C11H16Cl2N2O3S. The van der Waals surface area contributed by atoms with Crippen molar-refractivity contribution in [1.82, 2.24) is 4.72 Å². The molecule has 0 heterocycles. The van der Waals surface area contributed by atoms with Gasteiger partial charge in [0.1, 0.15) is 4.90 Å². The zero-order valence-electron chi connectivity index (χ0n) is 10.5. The number of anilines is 1. The first-order valence-electron chi connectivity index (χ1n) is 5.58. The summed E-state index contributed by atoms with van der Waals surface area (Å²) in [4.78, 5) is -0.198. The Bertz CT molecular complexity index is 538. The molecule has 0 spiro atoms. The van der Waals surface area contributed by atoms with Crippen LogP contribution in [0, 0.1) is 0 Å². The Kier molecular flexibility index (Phi) is 5.46. The minimum atomic E-state index is -3.86. The number of hydrogen-bond donors (Lipinski definition) is 3. The Morgan fingerprint density at radius 2 is 1.95 bits per heavy atom. The zero-order valence-corrected chi connectivity index (χ0v) is 12.9. The van der Waals surface area contributed by atoms with Crippen LogP contribution < -0.4 is 10.5 Å². The fraction of sp³-hybridized carbons (Fsp3) is 0.455. The fourth-order valence-corrected chi connectivity index (χ4v) is 3.99. The maximum Gasteiger partial charge on any atom is 0.244 e. The molecule has 0 aliphatic carbocycles. The summed E-state index contributed by atoms with van der Waals surface area (Å²) in [6, 6.07) is 2.19. The minimum Gasteiger partial charge on any atom is -0.398 e. The summed E-state index contributed by atoms with van der Waals surface area (Å²) >= 11 is 11.6. The van der Waals surface area contributed by atoms with Crippen molar-refractivity contribution in [3.8, 4) is 0 Å². The van der Waals surface area contributed by atoms with E-state index in [9.17, 15) is 13.5 Å². The van der Waals surface area contributed by atoms with Crippen molar-refractivity contribution in [1.29, 1.82) is 0 Å². The molecule has 0 aliphatic rings. The molecule has 5 nitrogen and oxygen atoms in total. The molecule has 2 atom stereocenters. The van der Waals surface area contributed by atoms with Crippen LogP contribution >= 0.6 is 23.2 Å². The van der Waals surface area contributed by atoms with Crippen LogP contribution in [0.4, 0.5) is 5.69 Å². The average molecular weight is 327 g/mol. The SMILES string of the molecule is CC(O)CC(C)NS(=O)(=O)c1c(N)cc(Cl)cc1Cl. The molecule has 1 aromatic rings. The van der Waals surface area contributed by atoms with E-state index in [4.69, 9.17) is 28.9 Å². The molecule has 108 valence electrons. The van der Waals surface area contributed by atoms with Crippen molar-refractivity contribution in [2.75, 3.05) is 5.73 Å². The van der Waals surface area contributed by atoms with Crippen molar-refractivity contribution in [2.24, 2.45) is 0 Å². The van der Waals surface area contributed by atoms with Crippen molar-refractivity contribution < 1.29 is 13.5 Å². The van der Waals surface area contributed by atoms with Gasteiger partial charge in [-0.2, -0.15) is 0 Å². The molecule has 0 radical (unpaired) electrons. The number of nitrogens with one attached hydrogen (secondary N) is 1.